The zero-order chi connectivity index (χ0) is 13.0. The van der Waals surface area contributed by atoms with E-state index in [4.69, 9.17) is 5.11 Å². The van der Waals surface area contributed by atoms with Crippen LogP contribution < -0.4 is 5.32 Å². The van der Waals surface area contributed by atoms with Gasteiger partial charge in [0, 0.05) is 51.7 Å². The largest absolute Gasteiger partial charge is 0.481 e. The Labute approximate surface area is 107 Å². The molecule has 0 bridgehead atoms. The summed E-state index contributed by atoms with van der Waals surface area (Å²) in [5, 5.41) is 11.6. The number of nitrogens with one attached hydrogen (secondary N) is 1. The van der Waals surface area contributed by atoms with E-state index in [-0.39, 0.29) is 12.3 Å². The van der Waals surface area contributed by atoms with Crippen molar-refractivity contribution in [3.05, 3.63) is 0 Å². The molecule has 2 rings (SSSR count). The average molecular weight is 255 g/mol. The molecule has 2 heterocycles. The normalized spacial score (nSPS) is 26.2. The molecule has 6 nitrogen and oxygen atoms in total. The van der Waals surface area contributed by atoms with E-state index in [1.165, 1.54) is 0 Å². The minimum atomic E-state index is -0.730. The number of piperazine rings is 1. The van der Waals surface area contributed by atoms with E-state index >= 15 is 0 Å². The number of carbonyl (C=O) groups is 2. The molecule has 2 saturated heterocycles. The van der Waals surface area contributed by atoms with Crippen molar-refractivity contribution in [2.45, 2.75) is 25.3 Å². The standard InChI is InChI=1S/C12H21N3O3/c16-11-2-1-10(13-11)9-15-7-5-14(6-8-15)4-3-12(17)18/h10H,1-9H2,(H,13,16)(H,17,18). The van der Waals surface area contributed by atoms with E-state index in [2.05, 4.69) is 15.1 Å². The molecule has 0 aromatic heterocycles. The first-order valence-electron chi connectivity index (χ1n) is 6.59. The lowest BCUT2D eigenvalue weighted by molar-refractivity contribution is -0.137. The van der Waals surface area contributed by atoms with Crippen LogP contribution in [0.15, 0.2) is 0 Å². The van der Waals surface area contributed by atoms with E-state index in [0.29, 0.717) is 19.0 Å². The molecule has 6 heteroatoms. The lowest BCUT2D eigenvalue weighted by Gasteiger charge is -2.35. The van der Waals surface area contributed by atoms with E-state index in [1.54, 1.807) is 0 Å². The Hall–Kier alpha value is -1.14. The van der Waals surface area contributed by atoms with Crippen molar-refractivity contribution in [1.29, 1.82) is 0 Å². The van der Waals surface area contributed by atoms with E-state index < -0.39 is 5.97 Å². The van der Waals surface area contributed by atoms with E-state index in [1.807, 2.05) is 0 Å². The molecule has 0 saturated carbocycles. The zero-order valence-corrected chi connectivity index (χ0v) is 10.6. The first-order chi connectivity index (χ1) is 8.63. The van der Waals surface area contributed by atoms with Crippen molar-refractivity contribution >= 4 is 11.9 Å². The number of carboxylic acid groups (broad SMARTS) is 1. The lowest BCUT2D eigenvalue weighted by Crippen LogP contribution is -2.50. The van der Waals surface area contributed by atoms with Crippen molar-refractivity contribution < 1.29 is 14.7 Å². The molecule has 0 aliphatic carbocycles. The van der Waals surface area contributed by atoms with Crippen molar-refractivity contribution in [3.8, 4) is 0 Å². The second-order valence-corrected chi connectivity index (χ2v) is 5.09. The molecule has 0 spiro atoms. The third-order valence-corrected chi connectivity index (χ3v) is 3.67. The maximum Gasteiger partial charge on any atom is 0.304 e. The van der Waals surface area contributed by atoms with Crippen molar-refractivity contribution in [2.75, 3.05) is 39.3 Å². The Morgan fingerprint density at radius 1 is 1.28 bits per heavy atom. The maximum atomic E-state index is 11.1. The first-order valence-corrected chi connectivity index (χ1v) is 6.59. The highest BCUT2D eigenvalue weighted by Gasteiger charge is 2.25. The predicted molar refractivity (Wildman–Crippen MR) is 66.3 cm³/mol. The van der Waals surface area contributed by atoms with Gasteiger partial charge in [-0.3, -0.25) is 14.5 Å². The van der Waals surface area contributed by atoms with Crippen molar-refractivity contribution in [2.24, 2.45) is 0 Å². The number of aliphatic carboxylic acids is 1. The van der Waals surface area contributed by atoms with Crippen LogP contribution in [0.5, 0.6) is 0 Å². The van der Waals surface area contributed by atoms with Crippen molar-refractivity contribution in [3.63, 3.8) is 0 Å². The van der Waals surface area contributed by atoms with Gasteiger partial charge in [0.2, 0.25) is 5.91 Å². The molecule has 1 unspecified atom stereocenters. The van der Waals surface area contributed by atoms with E-state index in [0.717, 1.165) is 39.1 Å². The van der Waals surface area contributed by atoms with Gasteiger partial charge in [-0.1, -0.05) is 0 Å². The summed E-state index contributed by atoms with van der Waals surface area (Å²) in [6.07, 6.45) is 1.82. The van der Waals surface area contributed by atoms with Crippen LogP contribution in [0.25, 0.3) is 0 Å². The van der Waals surface area contributed by atoms with Gasteiger partial charge >= 0.3 is 5.97 Å². The molecule has 2 fully saturated rings. The van der Waals surface area contributed by atoms with Gasteiger partial charge in [0.05, 0.1) is 6.42 Å². The first kappa shape index (κ1) is 13.3. The van der Waals surface area contributed by atoms with Crippen molar-refractivity contribution in [1.82, 2.24) is 15.1 Å². The van der Waals surface area contributed by atoms with Crippen LogP contribution in [0.1, 0.15) is 19.3 Å². The summed E-state index contributed by atoms with van der Waals surface area (Å²) >= 11 is 0. The van der Waals surface area contributed by atoms with Gasteiger partial charge in [0.25, 0.3) is 0 Å². The maximum absolute atomic E-state index is 11.1. The number of carbonyl (C=O) groups excluding carboxylic acids is 1. The summed E-state index contributed by atoms with van der Waals surface area (Å²) in [4.78, 5) is 26.1. The molecule has 0 aromatic carbocycles. The van der Waals surface area contributed by atoms with Gasteiger partial charge in [0.1, 0.15) is 0 Å². The number of hydrogen-bond acceptors (Lipinski definition) is 4. The summed E-state index contributed by atoms with van der Waals surface area (Å²) in [6, 6.07) is 0.308. The highest BCUT2D eigenvalue weighted by atomic mass is 16.4. The molecule has 2 aliphatic rings. The number of hydrogen-bond donors (Lipinski definition) is 2. The minimum absolute atomic E-state index is 0.167. The third kappa shape index (κ3) is 3.96. The van der Waals surface area contributed by atoms with Crippen LogP contribution in [-0.2, 0) is 9.59 Å². The smallest absolute Gasteiger partial charge is 0.304 e. The number of nitrogens with zero attached hydrogens (tertiary/aromatic N) is 2. The number of rotatable bonds is 5. The molecule has 102 valence electrons. The van der Waals surface area contributed by atoms with Gasteiger partial charge in [-0.05, 0) is 6.42 Å². The topological polar surface area (TPSA) is 72.9 Å². The second-order valence-electron chi connectivity index (χ2n) is 5.09. The summed E-state index contributed by atoms with van der Waals surface area (Å²) in [7, 11) is 0. The molecule has 0 aromatic rings. The summed E-state index contributed by atoms with van der Waals surface area (Å²) in [5.74, 6) is -0.564. The van der Waals surface area contributed by atoms with E-state index in [9.17, 15) is 9.59 Å². The highest BCUT2D eigenvalue weighted by Crippen LogP contribution is 2.10. The van der Waals surface area contributed by atoms with Gasteiger partial charge < -0.3 is 15.3 Å². The average Bonchev–Trinajstić information content (AvgIpc) is 2.74. The summed E-state index contributed by atoms with van der Waals surface area (Å²) in [5.41, 5.74) is 0. The zero-order valence-electron chi connectivity index (χ0n) is 10.6. The Morgan fingerprint density at radius 2 is 1.94 bits per heavy atom. The molecule has 2 N–H and O–H groups in total. The van der Waals surface area contributed by atoms with Crippen LogP contribution >= 0.6 is 0 Å². The fourth-order valence-electron chi connectivity index (χ4n) is 2.58. The monoisotopic (exact) mass is 255 g/mol. The molecular weight excluding hydrogens is 234 g/mol. The van der Waals surface area contributed by atoms with Crippen LogP contribution in [0.2, 0.25) is 0 Å². The van der Waals surface area contributed by atoms with Gasteiger partial charge in [-0.25, -0.2) is 0 Å². The molecular formula is C12H21N3O3. The third-order valence-electron chi connectivity index (χ3n) is 3.67. The SMILES string of the molecule is O=C(O)CCN1CCN(CC2CCC(=O)N2)CC1. The second kappa shape index (κ2) is 6.15. The summed E-state index contributed by atoms with van der Waals surface area (Å²) in [6.45, 7) is 5.35. The predicted octanol–water partition coefficient (Wildman–Crippen LogP) is -0.643. The van der Waals surface area contributed by atoms with Gasteiger partial charge in [0.15, 0.2) is 0 Å². The number of amides is 1. The number of carboxylic acids is 1. The fraction of sp³-hybridized carbons (Fsp3) is 0.833. The van der Waals surface area contributed by atoms with Crippen LogP contribution in [0.4, 0.5) is 0 Å². The van der Waals surface area contributed by atoms with Gasteiger partial charge in [-0.2, -0.15) is 0 Å². The Kier molecular flexibility index (Phi) is 4.54. The fourth-order valence-corrected chi connectivity index (χ4v) is 2.58. The molecule has 1 amide bonds. The van der Waals surface area contributed by atoms with Gasteiger partial charge in [-0.15, -0.1) is 0 Å². The summed E-state index contributed by atoms with van der Waals surface area (Å²) < 4.78 is 0. The lowest BCUT2D eigenvalue weighted by atomic mass is 10.2. The quantitative estimate of drug-likeness (QED) is 0.683. The molecule has 0 radical (unpaired) electrons. The molecule has 2 aliphatic heterocycles. The molecule has 18 heavy (non-hydrogen) atoms. The van der Waals surface area contributed by atoms with Crippen LogP contribution in [0.3, 0.4) is 0 Å². The molecule has 1 atom stereocenters. The Morgan fingerprint density at radius 3 is 2.50 bits per heavy atom. The van der Waals surface area contributed by atoms with Crippen LogP contribution in [-0.4, -0.2) is 72.1 Å². The highest BCUT2D eigenvalue weighted by molar-refractivity contribution is 5.78. The Balaban J connectivity index is 1.64. The van der Waals surface area contributed by atoms with Crippen LogP contribution in [0, 0.1) is 0 Å². The Bertz CT molecular complexity index is 314. The minimum Gasteiger partial charge on any atom is -0.481 e.